The summed E-state index contributed by atoms with van der Waals surface area (Å²) in [5.41, 5.74) is 0. The van der Waals surface area contributed by atoms with Crippen molar-refractivity contribution >= 4 is 5.91 Å². The first-order chi connectivity index (χ1) is 8.77. The van der Waals surface area contributed by atoms with E-state index >= 15 is 0 Å². The quantitative estimate of drug-likeness (QED) is 0.791. The first-order valence-electron chi connectivity index (χ1n) is 7.44. The smallest absolute Gasteiger partial charge is 0.236 e. The van der Waals surface area contributed by atoms with Gasteiger partial charge >= 0.3 is 0 Å². The Labute approximate surface area is 110 Å². The Kier molecular flexibility index (Phi) is 5.45. The number of hydrogen-bond donors (Lipinski definition) is 2. The van der Waals surface area contributed by atoms with Crippen LogP contribution in [-0.2, 0) is 4.79 Å². The molecule has 2 aliphatic rings. The van der Waals surface area contributed by atoms with Crippen molar-refractivity contribution < 1.29 is 9.90 Å². The summed E-state index contributed by atoms with van der Waals surface area (Å²) < 4.78 is 0. The van der Waals surface area contributed by atoms with Crippen LogP contribution in [0.2, 0.25) is 0 Å². The van der Waals surface area contributed by atoms with Gasteiger partial charge in [-0.25, -0.2) is 0 Å². The summed E-state index contributed by atoms with van der Waals surface area (Å²) in [6.07, 6.45) is 7.77. The Morgan fingerprint density at radius 1 is 1.11 bits per heavy atom. The number of likely N-dealkylation sites (tertiary alicyclic amines) is 1. The van der Waals surface area contributed by atoms with Crippen molar-refractivity contribution in [1.29, 1.82) is 0 Å². The third kappa shape index (κ3) is 3.95. The molecule has 1 heterocycles. The number of carbonyl (C=O) groups excluding carboxylic acids is 1. The van der Waals surface area contributed by atoms with Crippen LogP contribution in [0.5, 0.6) is 0 Å². The first kappa shape index (κ1) is 13.8. The predicted molar refractivity (Wildman–Crippen MR) is 71.3 cm³/mol. The van der Waals surface area contributed by atoms with Crippen LogP contribution >= 0.6 is 0 Å². The lowest BCUT2D eigenvalue weighted by Gasteiger charge is -2.21. The number of nitrogens with zero attached hydrogens (tertiary/aromatic N) is 1. The molecule has 0 aromatic heterocycles. The van der Waals surface area contributed by atoms with E-state index in [-0.39, 0.29) is 12.0 Å². The van der Waals surface area contributed by atoms with Gasteiger partial charge in [0.05, 0.1) is 12.6 Å². The molecule has 4 nitrogen and oxygen atoms in total. The van der Waals surface area contributed by atoms with E-state index < -0.39 is 0 Å². The zero-order valence-corrected chi connectivity index (χ0v) is 11.2. The fourth-order valence-electron chi connectivity index (χ4n) is 3.05. The highest BCUT2D eigenvalue weighted by molar-refractivity contribution is 5.78. The van der Waals surface area contributed by atoms with E-state index in [1.165, 1.54) is 12.8 Å². The van der Waals surface area contributed by atoms with Gasteiger partial charge in [-0.05, 0) is 31.6 Å². The third-order valence-corrected chi connectivity index (χ3v) is 4.26. The summed E-state index contributed by atoms with van der Waals surface area (Å²) in [6, 6.07) is 0. The topological polar surface area (TPSA) is 52.6 Å². The normalized spacial score (nSPS) is 29.3. The summed E-state index contributed by atoms with van der Waals surface area (Å²) in [5, 5.41) is 12.9. The minimum absolute atomic E-state index is 0.161. The number of carbonyl (C=O) groups is 1. The van der Waals surface area contributed by atoms with Crippen molar-refractivity contribution in [3.05, 3.63) is 0 Å². The molecule has 2 fully saturated rings. The van der Waals surface area contributed by atoms with Gasteiger partial charge in [-0.1, -0.05) is 19.3 Å². The highest BCUT2D eigenvalue weighted by Gasteiger charge is 2.25. The molecule has 18 heavy (non-hydrogen) atoms. The molecule has 0 bridgehead atoms. The molecule has 1 amide bonds. The molecule has 2 rings (SSSR count). The maximum atomic E-state index is 12.0. The van der Waals surface area contributed by atoms with Gasteiger partial charge in [0.25, 0.3) is 0 Å². The molecular weight excluding hydrogens is 228 g/mol. The number of aliphatic hydroxyl groups excluding tert-OH is 1. The van der Waals surface area contributed by atoms with Crippen LogP contribution in [0.15, 0.2) is 0 Å². The molecule has 4 heteroatoms. The summed E-state index contributed by atoms with van der Waals surface area (Å²) >= 11 is 0. The van der Waals surface area contributed by atoms with Crippen LogP contribution in [0.1, 0.15) is 44.9 Å². The second kappa shape index (κ2) is 7.10. The summed E-state index contributed by atoms with van der Waals surface area (Å²) in [6.45, 7) is 3.06. The molecule has 1 saturated carbocycles. The van der Waals surface area contributed by atoms with Crippen molar-refractivity contribution in [3.8, 4) is 0 Å². The monoisotopic (exact) mass is 254 g/mol. The molecular formula is C14H26N2O2. The van der Waals surface area contributed by atoms with Gasteiger partial charge in [-0.3, -0.25) is 4.79 Å². The summed E-state index contributed by atoms with van der Waals surface area (Å²) in [4.78, 5) is 14.0. The largest absolute Gasteiger partial charge is 0.393 e. The number of aliphatic hydroxyl groups is 1. The van der Waals surface area contributed by atoms with E-state index in [1.54, 1.807) is 0 Å². The fourth-order valence-corrected chi connectivity index (χ4v) is 3.05. The fraction of sp³-hybridized carbons (Fsp3) is 0.929. The van der Waals surface area contributed by atoms with Crippen molar-refractivity contribution in [2.24, 2.45) is 5.92 Å². The molecule has 0 aromatic carbocycles. The van der Waals surface area contributed by atoms with Crippen LogP contribution in [0.3, 0.4) is 0 Å². The zero-order chi connectivity index (χ0) is 12.8. The molecule has 0 spiro atoms. The van der Waals surface area contributed by atoms with E-state index in [0.29, 0.717) is 12.5 Å². The average Bonchev–Trinajstić information content (AvgIpc) is 2.64. The molecule has 2 N–H and O–H groups in total. The van der Waals surface area contributed by atoms with Crippen LogP contribution < -0.4 is 5.32 Å². The molecule has 104 valence electrons. The minimum Gasteiger partial charge on any atom is -0.393 e. The van der Waals surface area contributed by atoms with Crippen molar-refractivity contribution in [1.82, 2.24) is 10.2 Å². The van der Waals surface area contributed by atoms with Crippen LogP contribution in [0.4, 0.5) is 0 Å². The standard InChI is InChI=1S/C14H26N2O2/c17-13-7-5-6-12(13)10-15-11-14(18)16-8-3-1-2-4-9-16/h12-13,15,17H,1-11H2. The van der Waals surface area contributed by atoms with Gasteiger partial charge in [0.1, 0.15) is 0 Å². The van der Waals surface area contributed by atoms with Gasteiger partial charge in [0, 0.05) is 19.6 Å². The second-order valence-electron chi connectivity index (χ2n) is 5.68. The molecule has 0 radical (unpaired) electrons. The Balaban J connectivity index is 1.64. The zero-order valence-electron chi connectivity index (χ0n) is 11.2. The lowest BCUT2D eigenvalue weighted by Crippen LogP contribution is -2.40. The van der Waals surface area contributed by atoms with Crippen LogP contribution in [-0.4, -0.2) is 48.2 Å². The van der Waals surface area contributed by atoms with E-state index in [9.17, 15) is 9.90 Å². The Bertz CT molecular complexity index is 263. The van der Waals surface area contributed by atoms with E-state index in [2.05, 4.69) is 5.32 Å². The Hall–Kier alpha value is -0.610. The van der Waals surface area contributed by atoms with Crippen molar-refractivity contribution in [2.75, 3.05) is 26.2 Å². The van der Waals surface area contributed by atoms with Crippen molar-refractivity contribution in [3.63, 3.8) is 0 Å². The molecule has 2 unspecified atom stereocenters. The Morgan fingerprint density at radius 2 is 1.83 bits per heavy atom. The lowest BCUT2D eigenvalue weighted by molar-refractivity contribution is -0.130. The van der Waals surface area contributed by atoms with E-state index in [1.807, 2.05) is 4.90 Å². The third-order valence-electron chi connectivity index (χ3n) is 4.26. The highest BCUT2D eigenvalue weighted by Crippen LogP contribution is 2.24. The molecule has 0 aromatic rings. The SMILES string of the molecule is O=C(CNCC1CCCC1O)N1CCCCCC1. The maximum Gasteiger partial charge on any atom is 0.236 e. The number of nitrogens with one attached hydrogen (secondary N) is 1. The lowest BCUT2D eigenvalue weighted by atomic mass is 10.1. The summed E-state index contributed by atoms with van der Waals surface area (Å²) in [5.74, 6) is 0.575. The van der Waals surface area contributed by atoms with E-state index in [0.717, 1.165) is 51.7 Å². The number of hydrogen-bond acceptors (Lipinski definition) is 3. The molecule has 2 atom stereocenters. The minimum atomic E-state index is -0.161. The summed E-state index contributed by atoms with van der Waals surface area (Å²) in [7, 11) is 0. The van der Waals surface area contributed by atoms with Gasteiger partial charge < -0.3 is 15.3 Å². The van der Waals surface area contributed by atoms with Crippen molar-refractivity contribution in [2.45, 2.75) is 51.0 Å². The average molecular weight is 254 g/mol. The predicted octanol–water partition coefficient (Wildman–Crippen LogP) is 1.14. The van der Waals surface area contributed by atoms with Gasteiger partial charge in [-0.2, -0.15) is 0 Å². The maximum absolute atomic E-state index is 12.0. The molecule has 1 aliphatic heterocycles. The van der Waals surface area contributed by atoms with E-state index in [4.69, 9.17) is 0 Å². The first-order valence-corrected chi connectivity index (χ1v) is 7.44. The van der Waals surface area contributed by atoms with Gasteiger partial charge in [0.2, 0.25) is 5.91 Å². The molecule has 1 saturated heterocycles. The van der Waals surface area contributed by atoms with Crippen LogP contribution in [0.25, 0.3) is 0 Å². The van der Waals surface area contributed by atoms with Crippen LogP contribution in [0, 0.1) is 5.92 Å². The van der Waals surface area contributed by atoms with Gasteiger partial charge in [-0.15, -0.1) is 0 Å². The Morgan fingerprint density at radius 3 is 2.44 bits per heavy atom. The molecule has 1 aliphatic carbocycles. The second-order valence-corrected chi connectivity index (χ2v) is 5.68. The van der Waals surface area contributed by atoms with Gasteiger partial charge in [0.15, 0.2) is 0 Å². The number of amides is 1. The highest BCUT2D eigenvalue weighted by atomic mass is 16.3. The number of rotatable bonds is 4.